The first-order valence-electron chi connectivity index (χ1n) is 14.4. The summed E-state index contributed by atoms with van der Waals surface area (Å²) in [4.78, 5) is 39.8. The van der Waals surface area contributed by atoms with Crippen molar-refractivity contribution in [2.24, 2.45) is 10.9 Å². The Morgan fingerprint density at radius 1 is 1.27 bits per heavy atom. The van der Waals surface area contributed by atoms with E-state index in [0.29, 0.717) is 6.61 Å². The molecule has 1 aliphatic carbocycles. The van der Waals surface area contributed by atoms with Crippen LogP contribution in [0.4, 0.5) is 13.6 Å². The van der Waals surface area contributed by atoms with E-state index in [-0.39, 0.29) is 40.8 Å². The van der Waals surface area contributed by atoms with Gasteiger partial charge in [-0.05, 0) is 63.9 Å². The molecule has 0 bridgehead atoms. The number of nitriles is 1. The molecule has 0 radical (unpaired) electrons. The Kier molecular flexibility index (Phi) is 9.59. The number of fused-ring (bicyclic) bond motifs is 1. The Hall–Kier alpha value is -3.67. The van der Waals surface area contributed by atoms with Crippen molar-refractivity contribution in [1.29, 1.82) is 5.26 Å². The maximum atomic E-state index is 15.6. The molecule has 0 spiro atoms. The molecular formula is C31H37F2N5O5SSi. The molecule has 1 saturated carbocycles. The summed E-state index contributed by atoms with van der Waals surface area (Å²) in [6.45, 7) is 13.5. The first-order chi connectivity index (χ1) is 20.9. The van der Waals surface area contributed by atoms with Crippen LogP contribution in [-0.2, 0) is 19.8 Å². The number of amidine groups is 1. The number of nitrogens with zero attached hydrogens (tertiary/aromatic N) is 5. The van der Waals surface area contributed by atoms with Gasteiger partial charge >= 0.3 is 12.1 Å². The van der Waals surface area contributed by atoms with Gasteiger partial charge in [0, 0.05) is 26.2 Å². The summed E-state index contributed by atoms with van der Waals surface area (Å²) in [6.07, 6.45) is 2.80. The van der Waals surface area contributed by atoms with Gasteiger partial charge in [-0.15, -0.1) is 0 Å². The number of thioether (sulfide) groups is 1. The molecule has 14 heteroatoms. The first-order valence-corrected chi connectivity index (χ1v) is 18.9. The molecule has 2 aromatic rings. The Morgan fingerprint density at radius 2 is 1.98 bits per heavy atom. The predicted molar refractivity (Wildman–Crippen MR) is 170 cm³/mol. The maximum absolute atomic E-state index is 15.6. The summed E-state index contributed by atoms with van der Waals surface area (Å²) in [5, 5.41) is 19.3. The van der Waals surface area contributed by atoms with Gasteiger partial charge in [0.15, 0.2) is 16.7 Å². The molecule has 240 valence electrons. The molecule has 3 unspecified atom stereocenters. The van der Waals surface area contributed by atoms with Crippen LogP contribution < -0.4 is 0 Å². The lowest BCUT2D eigenvalue weighted by atomic mass is 9.84. The number of carbonyl (C=O) groups excluding carboxylic acids is 1. The highest BCUT2D eigenvalue weighted by atomic mass is 32.2. The van der Waals surface area contributed by atoms with Gasteiger partial charge < -0.3 is 14.6 Å². The second-order valence-corrected chi connectivity index (χ2v) is 20.4. The van der Waals surface area contributed by atoms with Gasteiger partial charge in [0.1, 0.15) is 34.7 Å². The third kappa shape index (κ3) is 7.77. The van der Waals surface area contributed by atoms with E-state index >= 15 is 8.78 Å². The van der Waals surface area contributed by atoms with Crippen LogP contribution in [0.2, 0.25) is 25.7 Å². The zero-order chi connectivity index (χ0) is 33.4. The summed E-state index contributed by atoms with van der Waals surface area (Å²) in [5.74, 6) is -3.16. The molecular weight excluding hydrogens is 621 g/mol. The van der Waals surface area contributed by atoms with Gasteiger partial charge in [0.2, 0.25) is 0 Å². The fourth-order valence-corrected chi connectivity index (χ4v) is 7.17. The molecule has 1 aliphatic heterocycles. The lowest BCUT2D eigenvalue weighted by Crippen LogP contribution is -2.47. The number of aliphatic carboxylic acids is 1. The number of aromatic nitrogens is 2. The topological polar surface area (TPSA) is 138 Å². The smallest absolute Gasteiger partial charge is 0.418 e. The minimum atomic E-state index is -1.45. The Morgan fingerprint density at radius 3 is 2.56 bits per heavy atom. The number of rotatable bonds is 9. The number of hydrogen-bond donors (Lipinski definition) is 1. The van der Waals surface area contributed by atoms with Crippen LogP contribution in [0.5, 0.6) is 0 Å². The summed E-state index contributed by atoms with van der Waals surface area (Å²) in [7, 11) is -1.45. The number of carboxylic acids is 1. The summed E-state index contributed by atoms with van der Waals surface area (Å²) in [5.41, 5.74) is -2.07. The van der Waals surface area contributed by atoms with Crippen molar-refractivity contribution in [2.75, 3.05) is 13.3 Å². The average Bonchev–Trinajstić information content (AvgIpc) is 3.70. The van der Waals surface area contributed by atoms with Crippen molar-refractivity contribution >= 4 is 49.0 Å². The second-order valence-electron chi connectivity index (χ2n) is 13.5. The van der Waals surface area contributed by atoms with Crippen LogP contribution >= 0.6 is 11.8 Å². The SMILES string of the molecule is CC(C)(C)OC(=O)N(COCC[Si](C)(C)C)C1=NC(C)(c2cc(/C=C(\F)c3cnc(C#N)cn3)ccc2F)C2CC2(C(=O)O)S1. The van der Waals surface area contributed by atoms with E-state index in [9.17, 15) is 14.7 Å². The van der Waals surface area contributed by atoms with Crippen molar-refractivity contribution in [3.05, 3.63) is 58.9 Å². The van der Waals surface area contributed by atoms with E-state index < -0.39 is 53.6 Å². The van der Waals surface area contributed by atoms with E-state index in [4.69, 9.17) is 19.7 Å². The molecule has 10 nitrogen and oxygen atoms in total. The molecule has 1 amide bonds. The number of carbonyl (C=O) groups is 2. The number of amides is 1. The van der Waals surface area contributed by atoms with Crippen LogP contribution in [0.1, 0.15) is 56.6 Å². The number of carboxylic acid groups (broad SMARTS) is 1. The van der Waals surface area contributed by atoms with E-state index in [2.05, 4.69) is 29.6 Å². The second kappa shape index (κ2) is 12.6. The summed E-state index contributed by atoms with van der Waals surface area (Å²) >= 11 is 0.932. The predicted octanol–water partition coefficient (Wildman–Crippen LogP) is 6.67. The van der Waals surface area contributed by atoms with Gasteiger partial charge in [0.05, 0.1) is 17.9 Å². The zero-order valence-electron chi connectivity index (χ0n) is 26.4. The van der Waals surface area contributed by atoms with Crippen molar-refractivity contribution in [3.8, 4) is 6.07 Å². The molecule has 1 N–H and O–H groups in total. The monoisotopic (exact) mass is 657 g/mol. The van der Waals surface area contributed by atoms with Crippen LogP contribution in [0, 0.1) is 23.1 Å². The molecule has 1 aromatic carbocycles. The van der Waals surface area contributed by atoms with Crippen LogP contribution in [-0.4, -0.2) is 69.0 Å². The highest BCUT2D eigenvalue weighted by molar-refractivity contribution is 8.15. The van der Waals surface area contributed by atoms with Crippen LogP contribution in [0.15, 0.2) is 35.6 Å². The highest BCUT2D eigenvalue weighted by Gasteiger charge is 2.72. The molecule has 2 aliphatic rings. The minimum Gasteiger partial charge on any atom is -0.480 e. The average molecular weight is 658 g/mol. The lowest BCUT2D eigenvalue weighted by molar-refractivity contribution is -0.137. The number of ether oxygens (including phenoxy) is 2. The Labute approximate surface area is 266 Å². The summed E-state index contributed by atoms with van der Waals surface area (Å²) in [6, 6.07) is 6.60. The molecule has 2 heterocycles. The van der Waals surface area contributed by atoms with E-state index in [1.54, 1.807) is 27.7 Å². The van der Waals surface area contributed by atoms with E-state index in [1.807, 2.05) is 6.07 Å². The van der Waals surface area contributed by atoms with Crippen molar-refractivity contribution in [2.45, 2.75) is 75.7 Å². The number of aliphatic imine (C=N–C) groups is 1. The molecule has 3 atom stereocenters. The molecule has 1 aromatic heterocycles. The molecule has 1 fully saturated rings. The van der Waals surface area contributed by atoms with E-state index in [0.717, 1.165) is 42.3 Å². The minimum absolute atomic E-state index is 0.0283. The zero-order valence-corrected chi connectivity index (χ0v) is 28.2. The van der Waals surface area contributed by atoms with Gasteiger partial charge in [-0.1, -0.05) is 37.5 Å². The quantitative estimate of drug-likeness (QED) is 0.178. The highest BCUT2D eigenvalue weighted by Crippen LogP contribution is 2.66. The lowest BCUT2D eigenvalue weighted by Gasteiger charge is -2.37. The first kappa shape index (κ1) is 34.2. The molecule has 0 saturated heterocycles. The van der Waals surface area contributed by atoms with Crippen LogP contribution in [0.25, 0.3) is 11.9 Å². The molecule has 4 rings (SSSR count). The molecule has 45 heavy (non-hydrogen) atoms. The maximum Gasteiger partial charge on any atom is 0.418 e. The standard InChI is InChI=1S/C31H37F2N5O5SSi/c1-29(2,3)43-28(41)38(18-42-10-11-45(5,6)7)27-37-30(4,25-14-31(25,44-27)26(39)40)21-12-19(8-9-22(21)32)13-23(33)24-17-35-20(15-34)16-36-24/h8-9,12-13,16-17,25H,10-11,14,18H2,1-7H3,(H,39,40)/b23-13-. The number of benzene rings is 1. The van der Waals surface area contributed by atoms with Gasteiger partial charge in [0.25, 0.3) is 0 Å². The number of hydrogen-bond acceptors (Lipinski definition) is 9. The fraction of sp³-hybridized carbons (Fsp3) is 0.484. The van der Waals surface area contributed by atoms with Crippen molar-refractivity contribution in [1.82, 2.24) is 14.9 Å². The van der Waals surface area contributed by atoms with Crippen molar-refractivity contribution in [3.63, 3.8) is 0 Å². The third-order valence-electron chi connectivity index (χ3n) is 7.45. The Bertz CT molecular complexity index is 1580. The van der Waals surface area contributed by atoms with Crippen molar-refractivity contribution < 1.29 is 33.0 Å². The summed E-state index contributed by atoms with van der Waals surface area (Å²) < 4.78 is 40.9. The fourth-order valence-electron chi connectivity index (χ4n) is 4.90. The van der Waals surface area contributed by atoms with E-state index in [1.165, 1.54) is 17.0 Å². The number of halogens is 2. The third-order valence-corrected chi connectivity index (χ3v) is 10.6. The largest absolute Gasteiger partial charge is 0.480 e. The normalized spacial score (nSPS) is 23.0. The van der Waals surface area contributed by atoms with Crippen LogP contribution in [0.3, 0.4) is 0 Å². The van der Waals surface area contributed by atoms with Gasteiger partial charge in [-0.25, -0.2) is 28.4 Å². The van der Waals surface area contributed by atoms with Gasteiger partial charge in [-0.3, -0.25) is 9.79 Å². The Balaban J connectivity index is 1.76. The van der Waals surface area contributed by atoms with Gasteiger partial charge in [-0.2, -0.15) is 5.26 Å².